The fourth-order valence-electron chi connectivity index (χ4n) is 2.76. The lowest BCUT2D eigenvalue weighted by Gasteiger charge is -2.32. The standard InChI is InChI=1S/C18H27N3O5/c1-5-19(17(22)26-18(2,3)4)13-14-12-15(21(23)24)6-7-16(14)20-8-10-25-11-9-20/h6-7,12H,5,8-11,13H2,1-4H3. The van der Waals surface area contributed by atoms with Gasteiger partial charge in [-0.1, -0.05) is 0 Å². The number of ether oxygens (including phenoxy) is 2. The summed E-state index contributed by atoms with van der Waals surface area (Å²) >= 11 is 0. The van der Waals surface area contributed by atoms with Gasteiger partial charge in [0, 0.05) is 43.0 Å². The highest BCUT2D eigenvalue weighted by molar-refractivity contribution is 5.69. The maximum atomic E-state index is 12.4. The number of morpholine rings is 1. The summed E-state index contributed by atoms with van der Waals surface area (Å²) in [6.45, 7) is 10.6. The Morgan fingerprint density at radius 3 is 2.54 bits per heavy atom. The average molecular weight is 365 g/mol. The van der Waals surface area contributed by atoms with Crippen molar-refractivity contribution < 1.29 is 19.2 Å². The molecule has 1 saturated heterocycles. The molecule has 1 fully saturated rings. The highest BCUT2D eigenvalue weighted by Crippen LogP contribution is 2.28. The van der Waals surface area contributed by atoms with Crippen molar-refractivity contribution in [2.75, 3.05) is 37.7 Å². The second-order valence-corrected chi connectivity index (χ2v) is 7.16. The van der Waals surface area contributed by atoms with Crippen molar-refractivity contribution in [3.63, 3.8) is 0 Å². The quantitative estimate of drug-likeness (QED) is 0.588. The largest absolute Gasteiger partial charge is 0.444 e. The number of nitro benzene ring substituents is 1. The van der Waals surface area contributed by atoms with Crippen molar-refractivity contribution in [3.8, 4) is 0 Å². The molecule has 0 atom stereocenters. The normalized spacial score (nSPS) is 14.8. The van der Waals surface area contributed by atoms with E-state index in [0.29, 0.717) is 32.8 Å². The second-order valence-electron chi connectivity index (χ2n) is 7.16. The van der Waals surface area contributed by atoms with Crippen LogP contribution < -0.4 is 4.90 Å². The van der Waals surface area contributed by atoms with Crippen LogP contribution in [0.5, 0.6) is 0 Å². The van der Waals surface area contributed by atoms with Crippen LogP contribution in [-0.4, -0.2) is 54.4 Å². The highest BCUT2D eigenvalue weighted by atomic mass is 16.6. The fraction of sp³-hybridized carbons (Fsp3) is 0.611. The van der Waals surface area contributed by atoms with Crippen LogP contribution in [0.15, 0.2) is 18.2 Å². The molecule has 2 rings (SSSR count). The Balaban J connectivity index is 2.29. The molecular formula is C18H27N3O5. The van der Waals surface area contributed by atoms with E-state index in [2.05, 4.69) is 4.90 Å². The number of benzene rings is 1. The van der Waals surface area contributed by atoms with Crippen LogP contribution in [0.3, 0.4) is 0 Å². The topological polar surface area (TPSA) is 85.1 Å². The molecule has 0 radical (unpaired) electrons. The summed E-state index contributed by atoms with van der Waals surface area (Å²) in [5.74, 6) is 0. The zero-order valence-electron chi connectivity index (χ0n) is 15.9. The predicted octanol–water partition coefficient (Wildman–Crippen LogP) is 3.19. The number of hydrogen-bond acceptors (Lipinski definition) is 6. The number of amides is 1. The lowest BCUT2D eigenvalue weighted by atomic mass is 10.1. The van der Waals surface area contributed by atoms with E-state index in [1.807, 2.05) is 27.7 Å². The van der Waals surface area contributed by atoms with Gasteiger partial charge < -0.3 is 19.3 Å². The summed E-state index contributed by atoms with van der Waals surface area (Å²) < 4.78 is 10.8. The number of non-ortho nitro benzene ring substituents is 1. The third kappa shape index (κ3) is 5.32. The van der Waals surface area contributed by atoms with Gasteiger partial charge in [-0.15, -0.1) is 0 Å². The number of anilines is 1. The number of carbonyl (C=O) groups is 1. The molecule has 1 aromatic rings. The SMILES string of the molecule is CCN(Cc1cc([N+](=O)[O-])ccc1N1CCOCC1)C(=O)OC(C)(C)C. The number of hydrogen-bond donors (Lipinski definition) is 0. The Kier molecular flexibility index (Phi) is 6.42. The number of nitro groups is 1. The summed E-state index contributed by atoms with van der Waals surface area (Å²) in [7, 11) is 0. The lowest BCUT2D eigenvalue weighted by Crippen LogP contribution is -2.39. The average Bonchev–Trinajstić information content (AvgIpc) is 2.58. The van der Waals surface area contributed by atoms with E-state index in [4.69, 9.17) is 9.47 Å². The van der Waals surface area contributed by atoms with E-state index in [1.54, 1.807) is 11.0 Å². The molecule has 8 nitrogen and oxygen atoms in total. The van der Waals surface area contributed by atoms with Crippen LogP contribution in [0.4, 0.5) is 16.2 Å². The number of rotatable bonds is 5. The van der Waals surface area contributed by atoms with Crippen molar-refractivity contribution in [3.05, 3.63) is 33.9 Å². The predicted molar refractivity (Wildman–Crippen MR) is 98.4 cm³/mol. The molecule has 26 heavy (non-hydrogen) atoms. The van der Waals surface area contributed by atoms with Crippen LogP contribution in [-0.2, 0) is 16.0 Å². The first-order chi connectivity index (χ1) is 12.2. The first kappa shape index (κ1) is 20.0. The summed E-state index contributed by atoms with van der Waals surface area (Å²) in [5, 5.41) is 11.2. The summed E-state index contributed by atoms with van der Waals surface area (Å²) in [6, 6.07) is 4.79. The zero-order valence-corrected chi connectivity index (χ0v) is 15.9. The third-order valence-corrected chi connectivity index (χ3v) is 4.02. The van der Waals surface area contributed by atoms with Crippen molar-refractivity contribution >= 4 is 17.5 Å². The molecule has 0 aromatic heterocycles. The van der Waals surface area contributed by atoms with Gasteiger partial charge in [0.1, 0.15) is 5.60 Å². The molecule has 1 amide bonds. The molecule has 0 bridgehead atoms. The van der Waals surface area contributed by atoms with Gasteiger partial charge in [-0.2, -0.15) is 0 Å². The molecule has 1 aliphatic rings. The lowest BCUT2D eigenvalue weighted by molar-refractivity contribution is -0.384. The Morgan fingerprint density at radius 1 is 1.35 bits per heavy atom. The molecule has 144 valence electrons. The van der Waals surface area contributed by atoms with Crippen molar-refractivity contribution in [2.45, 2.75) is 39.8 Å². The van der Waals surface area contributed by atoms with Gasteiger partial charge in [0.25, 0.3) is 5.69 Å². The fourth-order valence-corrected chi connectivity index (χ4v) is 2.76. The molecule has 0 unspecified atom stereocenters. The molecule has 1 aliphatic heterocycles. The maximum absolute atomic E-state index is 12.4. The summed E-state index contributed by atoms with van der Waals surface area (Å²) in [6.07, 6.45) is -0.431. The molecule has 8 heteroatoms. The molecular weight excluding hydrogens is 338 g/mol. The van der Waals surface area contributed by atoms with E-state index < -0.39 is 16.6 Å². The van der Waals surface area contributed by atoms with Crippen molar-refractivity contribution in [1.29, 1.82) is 0 Å². The Labute approximate surface area is 153 Å². The monoisotopic (exact) mass is 365 g/mol. The van der Waals surface area contributed by atoms with Crippen molar-refractivity contribution in [2.24, 2.45) is 0 Å². The number of nitrogens with zero attached hydrogens (tertiary/aromatic N) is 3. The molecule has 0 N–H and O–H groups in total. The Hall–Kier alpha value is -2.35. The minimum absolute atomic E-state index is 0.0113. The molecule has 1 aromatic carbocycles. The summed E-state index contributed by atoms with van der Waals surface area (Å²) in [5.41, 5.74) is 1.03. The van der Waals surface area contributed by atoms with E-state index in [0.717, 1.165) is 11.3 Å². The van der Waals surface area contributed by atoms with Gasteiger partial charge in [-0.25, -0.2) is 4.79 Å². The van der Waals surface area contributed by atoms with E-state index in [9.17, 15) is 14.9 Å². The van der Waals surface area contributed by atoms with Gasteiger partial charge >= 0.3 is 6.09 Å². The van der Waals surface area contributed by atoms with Gasteiger partial charge in [0.2, 0.25) is 0 Å². The molecule has 1 heterocycles. The first-order valence-electron chi connectivity index (χ1n) is 8.79. The molecule has 0 saturated carbocycles. The Morgan fingerprint density at radius 2 is 2.00 bits per heavy atom. The minimum Gasteiger partial charge on any atom is -0.444 e. The van der Waals surface area contributed by atoms with Gasteiger partial charge in [-0.05, 0) is 33.8 Å². The zero-order chi connectivity index (χ0) is 19.3. The van der Waals surface area contributed by atoms with Crippen LogP contribution >= 0.6 is 0 Å². The van der Waals surface area contributed by atoms with Crippen LogP contribution in [0, 0.1) is 10.1 Å². The summed E-state index contributed by atoms with van der Waals surface area (Å²) in [4.78, 5) is 26.9. The number of carbonyl (C=O) groups excluding carboxylic acids is 1. The van der Waals surface area contributed by atoms with Gasteiger partial charge in [-0.3, -0.25) is 10.1 Å². The minimum atomic E-state index is -0.597. The van der Waals surface area contributed by atoms with Crippen LogP contribution in [0.2, 0.25) is 0 Å². The van der Waals surface area contributed by atoms with E-state index in [-0.39, 0.29) is 12.2 Å². The highest BCUT2D eigenvalue weighted by Gasteiger charge is 2.24. The third-order valence-electron chi connectivity index (χ3n) is 4.02. The Bertz CT molecular complexity index is 651. The van der Waals surface area contributed by atoms with Crippen LogP contribution in [0.1, 0.15) is 33.3 Å². The van der Waals surface area contributed by atoms with E-state index in [1.165, 1.54) is 12.1 Å². The molecule has 0 aliphatic carbocycles. The molecule has 0 spiro atoms. The maximum Gasteiger partial charge on any atom is 0.410 e. The van der Waals surface area contributed by atoms with Gasteiger partial charge in [0.05, 0.1) is 24.7 Å². The van der Waals surface area contributed by atoms with E-state index >= 15 is 0 Å². The van der Waals surface area contributed by atoms with Crippen molar-refractivity contribution in [1.82, 2.24) is 4.90 Å². The second kappa shape index (κ2) is 8.35. The first-order valence-corrected chi connectivity index (χ1v) is 8.79. The van der Waals surface area contributed by atoms with Gasteiger partial charge in [0.15, 0.2) is 0 Å². The smallest absolute Gasteiger partial charge is 0.410 e. The van der Waals surface area contributed by atoms with Crippen LogP contribution in [0.25, 0.3) is 0 Å².